The van der Waals surface area contributed by atoms with Crippen molar-refractivity contribution in [1.82, 2.24) is 0 Å². The minimum absolute atomic E-state index is 0.763. The summed E-state index contributed by atoms with van der Waals surface area (Å²) in [6, 6.07) is 17.1. The zero-order chi connectivity index (χ0) is 21.9. The van der Waals surface area contributed by atoms with Gasteiger partial charge < -0.3 is 4.90 Å². The van der Waals surface area contributed by atoms with Crippen molar-refractivity contribution in [1.29, 1.82) is 0 Å². The van der Waals surface area contributed by atoms with Gasteiger partial charge in [-0.25, -0.2) is 0 Å². The van der Waals surface area contributed by atoms with Gasteiger partial charge in [0, 0.05) is 33.4 Å². The van der Waals surface area contributed by atoms with Crippen molar-refractivity contribution in [3.05, 3.63) is 73.6 Å². The number of benzene rings is 1. The Kier molecular flexibility index (Phi) is 9.32. The Morgan fingerprint density at radius 2 is 1.16 bits per heavy atom. The van der Waals surface area contributed by atoms with Crippen LogP contribution in [0.15, 0.2) is 48.5 Å². The molecule has 0 atom stereocenters. The number of thiophene rings is 2. The Hall–Kier alpha value is -2.43. The van der Waals surface area contributed by atoms with E-state index in [1.165, 1.54) is 58.0 Å². The van der Waals surface area contributed by atoms with Crippen LogP contribution in [0.25, 0.3) is 24.3 Å². The molecule has 0 fully saturated rings. The highest BCUT2D eigenvalue weighted by atomic mass is 32.1. The predicted molar refractivity (Wildman–Crippen MR) is 140 cm³/mol. The van der Waals surface area contributed by atoms with E-state index in [0.29, 0.717) is 0 Å². The predicted octanol–water partition coefficient (Wildman–Crippen LogP) is 8.37. The molecule has 0 amide bonds. The highest BCUT2D eigenvalue weighted by Gasteiger charge is 2.05. The molecule has 0 unspecified atom stereocenters. The molecule has 0 aliphatic rings. The van der Waals surface area contributed by atoms with Crippen LogP contribution in [-0.4, -0.2) is 19.4 Å². The average Bonchev–Trinajstić information content (AvgIpc) is 3.46. The molecule has 3 aromatic rings. The fraction of sp³-hybridized carbons (Fsp3) is 0.296. The monoisotopic (exact) mass is 449 g/mol. The van der Waals surface area contributed by atoms with E-state index < -0.39 is 0 Å². The Morgan fingerprint density at radius 3 is 1.65 bits per heavy atom. The molecule has 0 bridgehead atoms. The van der Waals surface area contributed by atoms with Crippen LogP contribution in [-0.2, 0) is 0 Å². The van der Waals surface area contributed by atoms with Crippen LogP contribution in [0.4, 0.5) is 5.69 Å². The third-order valence-corrected chi connectivity index (χ3v) is 7.08. The topological polar surface area (TPSA) is 20.3 Å². The van der Waals surface area contributed by atoms with E-state index in [-0.39, 0.29) is 0 Å². The van der Waals surface area contributed by atoms with Crippen LogP contribution in [0.1, 0.15) is 69.4 Å². The zero-order valence-corrected chi connectivity index (χ0v) is 20.1. The van der Waals surface area contributed by atoms with E-state index in [9.17, 15) is 4.79 Å². The van der Waals surface area contributed by atoms with Crippen molar-refractivity contribution in [3.8, 4) is 0 Å². The molecule has 0 N–H and O–H groups in total. The molecule has 31 heavy (non-hydrogen) atoms. The minimum Gasteiger partial charge on any atom is -0.372 e. The molecule has 162 valence electrons. The molecular weight excluding hydrogens is 418 g/mol. The number of unbranched alkanes of at least 4 members (excludes halogenated alkanes) is 2. The van der Waals surface area contributed by atoms with E-state index in [1.807, 2.05) is 12.1 Å². The van der Waals surface area contributed by atoms with E-state index in [0.717, 1.165) is 29.1 Å². The van der Waals surface area contributed by atoms with Gasteiger partial charge in [-0.1, -0.05) is 44.9 Å². The van der Waals surface area contributed by atoms with Gasteiger partial charge in [0.2, 0.25) is 0 Å². The number of hydrogen-bond acceptors (Lipinski definition) is 4. The van der Waals surface area contributed by atoms with Gasteiger partial charge in [0.15, 0.2) is 6.29 Å². The lowest BCUT2D eigenvalue weighted by Crippen LogP contribution is -2.25. The lowest BCUT2D eigenvalue weighted by Gasteiger charge is -2.24. The fourth-order valence-corrected chi connectivity index (χ4v) is 4.82. The molecule has 0 spiro atoms. The van der Waals surface area contributed by atoms with Gasteiger partial charge in [-0.2, -0.15) is 0 Å². The maximum absolute atomic E-state index is 10.8. The standard InChI is InChI=1S/C27H31NOS2/c1-3-5-19-28(20-6-4-2)23-10-7-22(8-11-23)9-12-24-13-14-25(30-24)15-16-26-17-18-27(21-29)31-26/h7-18,21H,3-6,19-20H2,1-2H3. The number of rotatable bonds is 12. The summed E-state index contributed by atoms with van der Waals surface area (Å²) in [6.07, 6.45) is 14.4. The normalized spacial score (nSPS) is 11.5. The highest BCUT2D eigenvalue weighted by Crippen LogP contribution is 2.24. The van der Waals surface area contributed by atoms with Gasteiger partial charge >= 0.3 is 0 Å². The minimum atomic E-state index is 0.763. The summed E-state index contributed by atoms with van der Waals surface area (Å²) in [7, 11) is 0. The molecule has 0 saturated carbocycles. The van der Waals surface area contributed by atoms with E-state index >= 15 is 0 Å². The SMILES string of the molecule is CCCCN(CCCC)c1ccc(C=Cc2ccc(C=Cc3ccc(C=O)s3)s2)cc1. The maximum Gasteiger partial charge on any atom is 0.160 e. The van der Waals surface area contributed by atoms with Crippen LogP contribution in [0.2, 0.25) is 0 Å². The quantitative estimate of drug-likeness (QED) is 0.259. The van der Waals surface area contributed by atoms with Gasteiger partial charge in [-0.15, -0.1) is 22.7 Å². The lowest BCUT2D eigenvalue weighted by atomic mass is 10.1. The molecule has 0 aliphatic heterocycles. The highest BCUT2D eigenvalue weighted by molar-refractivity contribution is 7.15. The summed E-state index contributed by atoms with van der Waals surface area (Å²) in [5, 5.41) is 0. The first kappa shape index (κ1) is 23.2. The second kappa shape index (κ2) is 12.4. The Balaban J connectivity index is 1.60. The number of anilines is 1. The van der Waals surface area contributed by atoms with Crippen LogP contribution in [0.5, 0.6) is 0 Å². The van der Waals surface area contributed by atoms with E-state index in [4.69, 9.17) is 0 Å². The molecule has 0 aliphatic carbocycles. The molecule has 2 nitrogen and oxygen atoms in total. The Morgan fingerprint density at radius 1 is 0.677 bits per heavy atom. The second-order valence-corrected chi connectivity index (χ2v) is 9.84. The second-order valence-electron chi connectivity index (χ2n) is 7.55. The smallest absolute Gasteiger partial charge is 0.160 e. The van der Waals surface area contributed by atoms with Gasteiger partial charge in [0.1, 0.15) is 0 Å². The summed E-state index contributed by atoms with van der Waals surface area (Å²) < 4.78 is 0. The summed E-state index contributed by atoms with van der Waals surface area (Å²) in [5.74, 6) is 0. The van der Waals surface area contributed by atoms with Gasteiger partial charge in [0.05, 0.1) is 4.88 Å². The molecule has 2 heterocycles. The molecule has 3 rings (SSSR count). The number of aldehydes is 1. The summed E-state index contributed by atoms with van der Waals surface area (Å²) in [6.45, 7) is 6.78. The molecule has 0 radical (unpaired) electrons. The van der Waals surface area contributed by atoms with Crippen molar-refractivity contribution < 1.29 is 4.79 Å². The van der Waals surface area contributed by atoms with Crippen molar-refractivity contribution in [2.45, 2.75) is 39.5 Å². The van der Waals surface area contributed by atoms with Crippen molar-refractivity contribution in [2.24, 2.45) is 0 Å². The third-order valence-electron chi connectivity index (χ3n) is 5.08. The average molecular weight is 450 g/mol. The summed E-state index contributed by atoms with van der Waals surface area (Å²) in [4.78, 5) is 17.6. The number of carbonyl (C=O) groups is 1. The largest absolute Gasteiger partial charge is 0.372 e. The van der Waals surface area contributed by atoms with Gasteiger partial charge in [-0.05, 0) is 73.0 Å². The number of nitrogens with zero attached hydrogens (tertiary/aromatic N) is 1. The van der Waals surface area contributed by atoms with Crippen molar-refractivity contribution in [2.75, 3.05) is 18.0 Å². The lowest BCUT2D eigenvalue weighted by molar-refractivity contribution is 0.112. The van der Waals surface area contributed by atoms with Crippen molar-refractivity contribution >= 4 is 59.0 Å². The molecular formula is C27H31NOS2. The first-order chi connectivity index (χ1) is 15.2. The summed E-state index contributed by atoms with van der Waals surface area (Å²) in [5.41, 5.74) is 2.55. The Bertz CT molecular complexity index is 986. The van der Waals surface area contributed by atoms with Crippen molar-refractivity contribution in [3.63, 3.8) is 0 Å². The van der Waals surface area contributed by atoms with Gasteiger partial charge in [0.25, 0.3) is 0 Å². The van der Waals surface area contributed by atoms with E-state index in [2.05, 4.69) is 79.4 Å². The molecule has 1 aromatic carbocycles. The molecule has 4 heteroatoms. The number of hydrogen-bond donors (Lipinski definition) is 0. The zero-order valence-electron chi connectivity index (χ0n) is 18.4. The van der Waals surface area contributed by atoms with Gasteiger partial charge in [-0.3, -0.25) is 4.79 Å². The first-order valence-electron chi connectivity index (χ1n) is 11.1. The van der Waals surface area contributed by atoms with Crippen LogP contribution >= 0.6 is 22.7 Å². The third kappa shape index (κ3) is 7.34. The van der Waals surface area contributed by atoms with Crippen LogP contribution in [0.3, 0.4) is 0 Å². The summed E-state index contributed by atoms with van der Waals surface area (Å²) >= 11 is 3.27. The van der Waals surface area contributed by atoms with Crippen LogP contribution in [0, 0.1) is 0 Å². The first-order valence-corrected chi connectivity index (χ1v) is 12.7. The Labute approximate surface area is 194 Å². The molecule has 0 saturated heterocycles. The fourth-order valence-electron chi connectivity index (χ4n) is 3.28. The molecule has 2 aromatic heterocycles. The number of carbonyl (C=O) groups excluding carboxylic acids is 1. The maximum atomic E-state index is 10.8. The van der Waals surface area contributed by atoms with Crippen LogP contribution < -0.4 is 4.90 Å². The van der Waals surface area contributed by atoms with E-state index in [1.54, 1.807) is 11.3 Å².